The molecule has 12 heavy (non-hydrogen) atoms. The Hall–Kier alpha value is -0.850. The SMILES string of the molecule is CC(=O)c1cc(C(=O)I)ncn1. The normalized spacial score (nSPS) is 9.50. The highest BCUT2D eigenvalue weighted by Crippen LogP contribution is 2.03. The maximum atomic E-state index is 10.8. The largest absolute Gasteiger partial charge is 0.293 e. The van der Waals surface area contributed by atoms with Gasteiger partial charge in [-0.25, -0.2) is 9.97 Å². The third-order valence-corrected chi connectivity index (χ3v) is 1.78. The number of aromatic nitrogens is 2. The van der Waals surface area contributed by atoms with Crippen molar-refractivity contribution in [1.29, 1.82) is 0 Å². The Morgan fingerprint density at radius 3 is 2.42 bits per heavy atom. The minimum Gasteiger partial charge on any atom is -0.293 e. The van der Waals surface area contributed by atoms with E-state index in [2.05, 4.69) is 9.97 Å². The zero-order valence-electron chi connectivity index (χ0n) is 6.24. The first-order valence-corrected chi connectivity index (χ1v) is 4.22. The van der Waals surface area contributed by atoms with Crippen LogP contribution in [-0.4, -0.2) is 19.5 Å². The Labute approximate surface area is 82.6 Å². The van der Waals surface area contributed by atoms with E-state index in [-0.39, 0.29) is 21.0 Å². The van der Waals surface area contributed by atoms with Crippen LogP contribution in [0.5, 0.6) is 0 Å². The number of rotatable bonds is 2. The highest BCUT2D eigenvalue weighted by molar-refractivity contribution is 14.1. The van der Waals surface area contributed by atoms with Crippen molar-refractivity contribution >= 4 is 32.2 Å². The third-order valence-electron chi connectivity index (χ3n) is 1.23. The van der Waals surface area contributed by atoms with Gasteiger partial charge in [-0.1, -0.05) is 0 Å². The quantitative estimate of drug-likeness (QED) is 0.463. The average molecular weight is 276 g/mol. The highest BCUT2D eigenvalue weighted by Gasteiger charge is 2.06. The van der Waals surface area contributed by atoms with Crippen molar-refractivity contribution in [2.24, 2.45) is 0 Å². The summed E-state index contributed by atoms with van der Waals surface area (Å²) in [5.41, 5.74) is 0.529. The maximum Gasteiger partial charge on any atom is 0.240 e. The fraction of sp³-hybridized carbons (Fsp3) is 0.143. The first-order chi connectivity index (χ1) is 5.61. The molecule has 1 rings (SSSR count). The number of carbonyl (C=O) groups is 2. The second-order valence-electron chi connectivity index (χ2n) is 2.12. The van der Waals surface area contributed by atoms with E-state index in [1.807, 2.05) is 0 Å². The molecule has 0 saturated heterocycles. The van der Waals surface area contributed by atoms with Crippen LogP contribution < -0.4 is 0 Å². The zero-order valence-corrected chi connectivity index (χ0v) is 8.40. The molecule has 0 unspecified atom stereocenters. The summed E-state index contributed by atoms with van der Waals surface area (Å²) in [6.07, 6.45) is 1.21. The lowest BCUT2D eigenvalue weighted by Crippen LogP contribution is -2.01. The molecule has 0 atom stereocenters. The Morgan fingerprint density at radius 2 is 1.92 bits per heavy atom. The number of halogens is 1. The van der Waals surface area contributed by atoms with E-state index in [1.165, 1.54) is 19.3 Å². The van der Waals surface area contributed by atoms with Crippen LogP contribution >= 0.6 is 22.6 Å². The van der Waals surface area contributed by atoms with Gasteiger partial charge in [0.05, 0.1) is 0 Å². The molecule has 62 valence electrons. The molecule has 0 fully saturated rings. The summed E-state index contributed by atoms with van der Waals surface area (Å²) in [4.78, 5) is 29.0. The zero-order chi connectivity index (χ0) is 9.14. The first-order valence-electron chi connectivity index (χ1n) is 3.14. The number of carbonyl (C=O) groups excluding carboxylic acids is 2. The fourth-order valence-corrected chi connectivity index (χ4v) is 0.952. The van der Waals surface area contributed by atoms with Crippen molar-refractivity contribution in [3.05, 3.63) is 23.8 Å². The summed E-state index contributed by atoms with van der Waals surface area (Å²) in [5.74, 6) is -0.170. The summed E-state index contributed by atoms with van der Waals surface area (Å²) in [6.45, 7) is 1.39. The van der Waals surface area contributed by atoms with Crippen LogP contribution in [0.15, 0.2) is 12.4 Å². The lowest BCUT2D eigenvalue weighted by atomic mass is 10.3. The minimum atomic E-state index is -0.197. The van der Waals surface area contributed by atoms with E-state index >= 15 is 0 Å². The Bertz CT molecular complexity index is 309. The molecule has 0 spiro atoms. The predicted molar refractivity (Wildman–Crippen MR) is 50.4 cm³/mol. The van der Waals surface area contributed by atoms with E-state index in [4.69, 9.17) is 0 Å². The highest BCUT2D eigenvalue weighted by atomic mass is 127. The molecule has 0 aliphatic carbocycles. The van der Waals surface area contributed by atoms with Crippen molar-refractivity contribution in [3.8, 4) is 0 Å². The molecule has 0 aliphatic heterocycles. The molecule has 1 aromatic heterocycles. The van der Waals surface area contributed by atoms with Crippen LogP contribution in [-0.2, 0) is 0 Å². The van der Waals surface area contributed by atoms with E-state index < -0.39 is 0 Å². The second kappa shape index (κ2) is 3.70. The third kappa shape index (κ3) is 2.07. The summed E-state index contributed by atoms with van der Waals surface area (Å²) in [6, 6.07) is 1.39. The van der Waals surface area contributed by atoms with Crippen molar-refractivity contribution in [2.75, 3.05) is 0 Å². The molecular weight excluding hydrogens is 271 g/mol. The Morgan fingerprint density at radius 1 is 1.33 bits per heavy atom. The van der Waals surface area contributed by atoms with Crippen molar-refractivity contribution in [3.63, 3.8) is 0 Å². The lowest BCUT2D eigenvalue weighted by molar-refractivity contribution is 0.101. The van der Waals surface area contributed by atoms with Gasteiger partial charge in [-0.3, -0.25) is 9.59 Å². The standard InChI is InChI=1S/C7H5IN2O2/c1-4(11)5-2-6(7(8)12)10-3-9-5/h2-3H,1H3. The molecule has 0 bridgehead atoms. The lowest BCUT2D eigenvalue weighted by Gasteiger charge is -1.94. The molecule has 4 nitrogen and oxygen atoms in total. The van der Waals surface area contributed by atoms with Gasteiger partial charge in [-0.2, -0.15) is 0 Å². The number of nitrogens with zero attached hydrogens (tertiary/aromatic N) is 2. The van der Waals surface area contributed by atoms with Gasteiger partial charge in [0, 0.05) is 29.5 Å². The summed E-state index contributed by atoms with van der Waals surface area (Å²) < 4.78 is -0.197. The molecule has 0 aromatic carbocycles. The van der Waals surface area contributed by atoms with Gasteiger partial charge in [0.25, 0.3) is 0 Å². The molecule has 1 heterocycles. The maximum absolute atomic E-state index is 10.8. The predicted octanol–water partition coefficient (Wildman–Crippen LogP) is 1.25. The minimum absolute atomic E-state index is 0.170. The molecule has 0 saturated carbocycles. The molecule has 5 heteroatoms. The molecule has 0 amide bonds. The number of Topliss-reactive ketones (excluding diaryl/α,β-unsaturated/α-hetero) is 1. The number of hydrogen-bond donors (Lipinski definition) is 0. The fourth-order valence-electron chi connectivity index (χ4n) is 0.657. The van der Waals surface area contributed by atoms with E-state index in [9.17, 15) is 9.59 Å². The second-order valence-corrected chi connectivity index (χ2v) is 3.10. The van der Waals surface area contributed by atoms with E-state index in [1.54, 1.807) is 22.6 Å². The van der Waals surface area contributed by atoms with Crippen LogP contribution in [0.25, 0.3) is 0 Å². The van der Waals surface area contributed by atoms with Crippen LogP contribution in [0.3, 0.4) is 0 Å². The first kappa shape index (κ1) is 9.24. The molecule has 1 aromatic rings. The summed E-state index contributed by atoms with van der Waals surface area (Å²) in [7, 11) is 0. The smallest absolute Gasteiger partial charge is 0.240 e. The monoisotopic (exact) mass is 276 g/mol. The van der Waals surface area contributed by atoms with Crippen LogP contribution in [0.1, 0.15) is 27.9 Å². The molecule has 0 radical (unpaired) electrons. The average Bonchev–Trinajstić information content (AvgIpc) is 2.04. The van der Waals surface area contributed by atoms with E-state index in [0.717, 1.165) is 0 Å². The van der Waals surface area contributed by atoms with E-state index in [0.29, 0.717) is 0 Å². The topological polar surface area (TPSA) is 59.9 Å². The van der Waals surface area contributed by atoms with Gasteiger partial charge in [-0.05, 0) is 6.07 Å². The molecule has 0 aliphatic rings. The summed E-state index contributed by atoms with van der Waals surface area (Å²) >= 11 is 1.61. The van der Waals surface area contributed by atoms with Gasteiger partial charge in [0.15, 0.2) is 5.78 Å². The molecular formula is C7H5IN2O2. The van der Waals surface area contributed by atoms with Gasteiger partial charge < -0.3 is 0 Å². The van der Waals surface area contributed by atoms with Gasteiger partial charge in [0.1, 0.15) is 17.7 Å². The van der Waals surface area contributed by atoms with Crippen molar-refractivity contribution in [2.45, 2.75) is 6.92 Å². The van der Waals surface area contributed by atoms with Gasteiger partial charge >= 0.3 is 0 Å². The van der Waals surface area contributed by atoms with Gasteiger partial charge in [-0.15, -0.1) is 0 Å². The number of ketones is 1. The molecule has 0 N–H and O–H groups in total. The van der Waals surface area contributed by atoms with Crippen LogP contribution in [0.4, 0.5) is 0 Å². The van der Waals surface area contributed by atoms with Crippen LogP contribution in [0, 0.1) is 0 Å². The van der Waals surface area contributed by atoms with Crippen LogP contribution in [0.2, 0.25) is 0 Å². The van der Waals surface area contributed by atoms with Gasteiger partial charge in [0.2, 0.25) is 3.79 Å². The van der Waals surface area contributed by atoms with Crippen molar-refractivity contribution in [1.82, 2.24) is 9.97 Å². The Kier molecular flexibility index (Phi) is 2.85. The Balaban J connectivity index is 3.12. The number of hydrogen-bond acceptors (Lipinski definition) is 4. The van der Waals surface area contributed by atoms with Crippen molar-refractivity contribution < 1.29 is 9.59 Å². The summed E-state index contributed by atoms with van der Waals surface area (Å²) in [5, 5.41) is 0.